The molecule has 0 saturated carbocycles. The number of hydrogen-bond donors (Lipinski definition) is 2. The van der Waals surface area contributed by atoms with Gasteiger partial charge in [0, 0.05) is 23.8 Å². The van der Waals surface area contributed by atoms with Crippen LogP contribution in [0.3, 0.4) is 0 Å². The Balaban J connectivity index is 1.52. The van der Waals surface area contributed by atoms with E-state index in [0.717, 1.165) is 11.3 Å². The smallest absolute Gasteiger partial charge is 0.315 e. The molecule has 0 radical (unpaired) electrons. The van der Waals surface area contributed by atoms with Gasteiger partial charge in [-0.15, -0.1) is 0 Å². The number of hydrogen-bond acceptors (Lipinski definition) is 2. The van der Waals surface area contributed by atoms with Gasteiger partial charge in [-0.1, -0.05) is 41.9 Å². The maximum absolute atomic E-state index is 12.4. The molecule has 1 heterocycles. The fourth-order valence-electron chi connectivity index (χ4n) is 2.67. The number of carbonyl (C=O) groups is 2. The SMILES string of the molecule is O=C(NCc1ccc(Cl)cc1)NC1CCN(c2ccccc2)C1=O. The maximum Gasteiger partial charge on any atom is 0.315 e. The lowest BCUT2D eigenvalue weighted by Gasteiger charge is -2.17. The largest absolute Gasteiger partial charge is 0.334 e. The quantitative estimate of drug-likeness (QED) is 0.896. The fourth-order valence-corrected chi connectivity index (χ4v) is 2.80. The van der Waals surface area contributed by atoms with E-state index in [1.807, 2.05) is 42.5 Å². The van der Waals surface area contributed by atoms with Gasteiger partial charge in [-0.3, -0.25) is 4.79 Å². The highest BCUT2D eigenvalue weighted by Gasteiger charge is 2.33. The first-order valence-electron chi connectivity index (χ1n) is 7.79. The summed E-state index contributed by atoms with van der Waals surface area (Å²) >= 11 is 5.83. The van der Waals surface area contributed by atoms with Crippen LogP contribution in [0.4, 0.5) is 10.5 Å². The van der Waals surface area contributed by atoms with Crippen LogP contribution in [-0.2, 0) is 11.3 Å². The molecule has 0 aliphatic carbocycles. The second-order valence-electron chi connectivity index (χ2n) is 5.62. The Kier molecular flexibility index (Phi) is 5.01. The predicted molar refractivity (Wildman–Crippen MR) is 94.0 cm³/mol. The van der Waals surface area contributed by atoms with Crippen LogP contribution in [0.15, 0.2) is 54.6 Å². The molecule has 6 heteroatoms. The highest BCUT2D eigenvalue weighted by molar-refractivity contribution is 6.30. The van der Waals surface area contributed by atoms with E-state index < -0.39 is 6.04 Å². The molecule has 1 saturated heterocycles. The number of rotatable bonds is 4. The molecule has 3 rings (SSSR count). The van der Waals surface area contributed by atoms with Gasteiger partial charge < -0.3 is 15.5 Å². The van der Waals surface area contributed by atoms with E-state index in [0.29, 0.717) is 24.5 Å². The van der Waals surface area contributed by atoms with Crippen molar-refractivity contribution in [2.45, 2.75) is 19.0 Å². The van der Waals surface area contributed by atoms with Crippen LogP contribution in [0.25, 0.3) is 0 Å². The average Bonchev–Trinajstić information content (AvgIpc) is 2.96. The van der Waals surface area contributed by atoms with Crippen LogP contribution in [0, 0.1) is 0 Å². The van der Waals surface area contributed by atoms with Crippen LogP contribution in [-0.4, -0.2) is 24.5 Å². The van der Waals surface area contributed by atoms with Crippen molar-refractivity contribution in [1.82, 2.24) is 10.6 Å². The second-order valence-corrected chi connectivity index (χ2v) is 6.06. The van der Waals surface area contributed by atoms with Crippen LogP contribution in [0.1, 0.15) is 12.0 Å². The minimum Gasteiger partial charge on any atom is -0.334 e. The number of halogens is 1. The topological polar surface area (TPSA) is 61.4 Å². The zero-order valence-electron chi connectivity index (χ0n) is 13.0. The summed E-state index contributed by atoms with van der Waals surface area (Å²) in [7, 11) is 0. The van der Waals surface area contributed by atoms with E-state index in [1.165, 1.54) is 0 Å². The van der Waals surface area contributed by atoms with Crippen molar-refractivity contribution in [2.75, 3.05) is 11.4 Å². The lowest BCUT2D eigenvalue weighted by molar-refractivity contribution is -0.118. The third kappa shape index (κ3) is 3.86. The Bertz CT molecular complexity index is 719. The molecule has 1 aliphatic heterocycles. The molecule has 2 aromatic rings. The van der Waals surface area contributed by atoms with Crippen LogP contribution < -0.4 is 15.5 Å². The summed E-state index contributed by atoms with van der Waals surface area (Å²) in [4.78, 5) is 26.1. The molecule has 1 fully saturated rings. The van der Waals surface area contributed by atoms with E-state index >= 15 is 0 Å². The van der Waals surface area contributed by atoms with Gasteiger partial charge in [0.1, 0.15) is 6.04 Å². The Morgan fingerprint density at radius 3 is 2.54 bits per heavy atom. The van der Waals surface area contributed by atoms with E-state index in [2.05, 4.69) is 10.6 Å². The Labute approximate surface area is 145 Å². The summed E-state index contributed by atoms with van der Waals surface area (Å²) < 4.78 is 0. The van der Waals surface area contributed by atoms with Gasteiger partial charge in [-0.2, -0.15) is 0 Å². The summed E-state index contributed by atoms with van der Waals surface area (Å²) in [6.07, 6.45) is 0.599. The molecule has 2 N–H and O–H groups in total. The molecule has 1 aliphatic rings. The van der Waals surface area contributed by atoms with Gasteiger partial charge in [-0.05, 0) is 36.2 Å². The van der Waals surface area contributed by atoms with Crippen molar-refractivity contribution in [3.63, 3.8) is 0 Å². The molecule has 0 bridgehead atoms. The minimum atomic E-state index is -0.490. The molecule has 1 atom stereocenters. The molecule has 24 heavy (non-hydrogen) atoms. The lowest BCUT2D eigenvalue weighted by Crippen LogP contribution is -2.45. The monoisotopic (exact) mass is 343 g/mol. The van der Waals surface area contributed by atoms with Crippen molar-refractivity contribution in [3.8, 4) is 0 Å². The first-order valence-corrected chi connectivity index (χ1v) is 8.16. The normalized spacial score (nSPS) is 17.0. The zero-order valence-corrected chi connectivity index (χ0v) is 13.8. The number of benzene rings is 2. The van der Waals surface area contributed by atoms with Crippen LogP contribution in [0.2, 0.25) is 5.02 Å². The molecule has 124 valence electrons. The Morgan fingerprint density at radius 2 is 1.83 bits per heavy atom. The lowest BCUT2D eigenvalue weighted by atomic mass is 10.2. The summed E-state index contributed by atoms with van der Waals surface area (Å²) in [5, 5.41) is 6.15. The number of carbonyl (C=O) groups excluding carboxylic acids is 2. The third-order valence-corrected chi connectivity index (χ3v) is 4.20. The van der Waals surface area contributed by atoms with Crippen molar-refractivity contribution in [1.29, 1.82) is 0 Å². The van der Waals surface area contributed by atoms with Crippen molar-refractivity contribution < 1.29 is 9.59 Å². The van der Waals surface area contributed by atoms with Gasteiger partial charge in [0.15, 0.2) is 0 Å². The summed E-state index contributed by atoms with van der Waals surface area (Å²) in [5.74, 6) is -0.0807. The number of nitrogens with zero attached hydrogens (tertiary/aromatic N) is 1. The van der Waals surface area contributed by atoms with E-state index in [9.17, 15) is 9.59 Å². The van der Waals surface area contributed by atoms with Gasteiger partial charge in [0.2, 0.25) is 5.91 Å². The highest BCUT2D eigenvalue weighted by atomic mass is 35.5. The molecular weight excluding hydrogens is 326 g/mol. The molecular formula is C18H18ClN3O2. The fraction of sp³-hybridized carbons (Fsp3) is 0.222. The summed E-state index contributed by atoms with van der Waals surface area (Å²) in [5.41, 5.74) is 1.80. The van der Waals surface area contributed by atoms with Crippen LogP contribution >= 0.6 is 11.6 Å². The molecule has 0 spiro atoms. The Morgan fingerprint density at radius 1 is 1.12 bits per heavy atom. The molecule has 0 aromatic heterocycles. The second kappa shape index (κ2) is 7.36. The van der Waals surface area contributed by atoms with Crippen molar-refractivity contribution in [3.05, 3.63) is 65.2 Å². The van der Waals surface area contributed by atoms with E-state index in [1.54, 1.807) is 17.0 Å². The number of amides is 3. The standard InChI is InChI=1S/C18H18ClN3O2/c19-14-8-6-13(7-9-14)12-20-18(24)21-16-10-11-22(17(16)23)15-4-2-1-3-5-15/h1-9,16H,10-12H2,(H2,20,21,24). The minimum absolute atomic E-state index is 0.0807. The van der Waals surface area contributed by atoms with Gasteiger partial charge in [0.25, 0.3) is 0 Å². The first kappa shape index (κ1) is 16.3. The molecule has 1 unspecified atom stereocenters. The zero-order chi connectivity index (χ0) is 16.9. The van der Waals surface area contributed by atoms with E-state index in [-0.39, 0.29) is 11.9 Å². The maximum atomic E-state index is 12.4. The number of nitrogens with one attached hydrogen (secondary N) is 2. The number of para-hydroxylation sites is 1. The van der Waals surface area contributed by atoms with Gasteiger partial charge in [0.05, 0.1) is 0 Å². The first-order chi connectivity index (χ1) is 11.6. The number of urea groups is 1. The van der Waals surface area contributed by atoms with E-state index in [4.69, 9.17) is 11.6 Å². The molecule has 3 amide bonds. The molecule has 5 nitrogen and oxygen atoms in total. The Hall–Kier alpha value is -2.53. The van der Waals surface area contributed by atoms with Crippen molar-refractivity contribution in [2.24, 2.45) is 0 Å². The van der Waals surface area contributed by atoms with Gasteiger partial charge in [-0.25, -0.2) is 4.79 Å². The van der Waals surface area contributed by atoms with Crippen LogP contribution in [0.5, 0.6) is 0 Å². The third-order valence-electron chi connectivity index (χ3n) is 3.95. The van der Waals surface area contributed by atoms with Gasteiger partial charge >= 0.3 is 6.03 Å². The average molecular weight is 344 g/mol. The summed E-state index contributed by atoms with van der Waals surface area (Å²) in [6.45, 7) is 0.983. The summed E-state index contributed by atoms with van der Waals surface area (Å²) in [6, 6.07) is 15.9. The predicted octanol–water partition coefficient (Wildman–Crippen LogP) is 2.94. The number of anilines is 1. The highest BCUT2D eigenvalue weighted by Crippen LogP contribution is 2.20. The molecule has 2 aromatic carbocycles. The van der Waals surface area contributed by atoms with Crippen molar-refractivity contribution >= 4 is 29.2 Å².